The molecule has 3 nitrogen and oxygen atoms in total. The minimum atomic E-state index is -0.258. The van der Waals surface area contributed by atoms with Gasteiger partial charge in [-0.3, -0.25) is 0 Å². The number of carbonyl (C=O) groups is 1. The second-order valence-corrected chi connectivity index (χ2v) is 3.49. The normalized spacial score (nSPS) is 13.1. The van der Waals surface area contributed by atoms with Crippen molar-refractivity contribution in [3.8, 4) is 5.75 Å². The maximum Gasteiger partial charge on any atom is 0.338 e. The maximum absolute atomic E-state index is 11.5. The highest BCUT2D eigenvalue weighted by Crippen LogP contribution is 2.25. The monoisotopic (exact) mass is 242 g/mol. The molecule has 0 amide bonds. The van der Waals surface area contributed by atoms with E-state index >= 15 is 0 Å². The molecule has 0 unspecified atom stereocenters. The molecule has 16 heavy (non-hydrogen) atoms. The fourth-order valence-corrected chi connectivity index (χ4v) is 1.70. The number of rotatable bonds is 2. The number of carbonyl (C=O) groups excluding carboxylic acids is 1. The lowest BCUT2D eigenvalue weighted by Gasteiger charge is -2.17. The van der Waals surface area contributed by atoms with Gasteiger partial charge in [-0.2, -0.15) is 0 Å². The number of esters is 1. The number of benzene rings is 1. The number of halogens is 1. The van der Waals surface area contributed by atoms with Gasteiger partial charge in [-0.25, -0.2) is 4.79 Å². The van der Waals surface area contributed by atoms with Gasteiger partial charge in [0.1, 0.15) is 5.75 Å². The lowest BCUT2D eigenvalue weighted by atomic mass is 10.0. The third kappa shape index (κ3) is 2.67. The van der Waals surface area contributed by atoms with Crippen molar-refractivity contribution < 1.29 is 14.3 Å². The van der Waals surface area contributed by atoms with E-state index in [9.17, 15) is 4.79 Å². The van der Waals surface area contributed by atoms with Gasteiger partial charge in [0.05, 0.1) is 18.8 Å². The molecule has 0 bridgehead atoms. The summed E-state index contributed by atoms with van der Waals surface area (Å²) in [5, 5.41) is 0. The van der Waals surface area contributed by atoms with Crippen molar-refractivity contribution in [1.82, 2.24) is 0 Å². The van der Waals surface area contributed by atoms with Crippen LogP contribution in [-0.2, 0) is 11.2 Å². The minimum Gasteiger partial charge on any atom is -0.493 e. The molecule has 1 aliphatic rings. The number of hydrogen-bond acceptors (Lipinski definition) is 3. The topological polar surface area (TPSA) is 35.5 Å². The Balaban J connectivity index is 0.00000128. The van der Waals surface area contributed by atoms with Gasteiger partial charge in [0.25, 0.3) is 0 Å². The molecule has 0 atom stereocenters. The van der Waals surface area contributed by atoms with Crippen molar-refractivity contribution in [3.05, 3.63) is 29.3 Å². The Morgan fingerprint density at radius 3 is 3.06 bits per heavy atom. The van der Waals surface area contributed by atoms with Gasteiger partial charge < -0.3 is 9.47 Å². The zero-order chi connectivity index (χ0) is 10.7. The Hall–Kier alpha value is -1.22. The molecule has 1 aromatic rings. The first-order chi connectivity index (χ1) is 7.31. The highest BCUT2D eigenvalue weighted by molar-refractivity contribution is 5.89. The second-order valence-electron chi connectivity index (χ2n) is 3.49. The SMILES string of the molecule is CCOC(=O)c1ccc2c(c1)CCCO2.Cl. The van der Waals surface area contributed by atoms with E-state index in [1.165, 1.54) is 0 Å². The minimum absolute atomic E-state index is 0. The standard InChI is InChI=1S/C12H14O3.ClH/c1-2-14-12(13)10-5-6-11-9(8-10)4-3-7-15-11;/h5-6,8H,2-4,7H2,1H3;1H. The van der Waals surface area contributed by atoms with Gasteiger partial charge in [0.15, 0.2) is 0 Å². The van der Waals surface area contributed by atoms with E-state index in [1.54, 1.807) is 13.0 Å². The molecule has 0 radical (unpaired) electrons. The summed E-state index contributed by atoms with van der Waals surface area (Å²) in [5.41, 5.74) is 1.72. The smallest absolute Gasteiger partial charge is 0.338 e. The van der Waals surface area contributed by atoms with Crippen LogP contribution in [0.15, 0.2) is 18.2 Å². The highest BCUT2D eigenvalue weighted by atomic mass is 35.5. The summed E-state index contributed by atoms with van der Waals surface area (Å²) in [4.78, 5) is 11.5. The van der Waals surface area contributed by atoms with E-state index in [0.717, 1.165) is 30.8 Å². The third-order valence-corrected chi connectivity index (χ3v) is 2.42. The first-order valence-corrected chi connectivity index (χ1v) is 5.24. The summed E-state index contributed by atoms with van der Waals surface area (Å²) in [7, 11) is 0. The Bertz CT molecular complexity index is 377. The Morgan fingerprint density at radius 2 is 2.31 bits per heavy atom. The van der Waals surface area contributed by atoms with Gasteiger partial charge in [-0.05, 0) is 43.5 Å². The van der Waals surface area contributed by atoms with Crippen molar-refractivity contribution in [3.63, 3.8) is 0 Å². The average molecular weight is 243 g/mol. The van der Waals surface area contributed by atoms with Gasteiger partial charge in [0.2, 0.25) is 0 Å². The molecule has 2 rings (SSSR count). The zero-order valence-electron chi connectivity index (χ0n) is 9.19. The van der Waals surface area contributed by atoms with Crippen LogP contribution in [0.3, 0.4) is 0 Å². The van der Waals surface area contributed by atoms with Crippen LogP contribution in [0.4, 0.5) is 0 Å². The van der Waals surface area contributed by atoms with Crippen LogP contribution in [0, 0.1) is 0 Å². The van der Waals surface area contributed by atoms with Crippen LogP contribution in [0.2, 0.25) is 0 Å². The van der Waals surface area contributed by atoms with E-state index < -0.39 is 0 Å². The predicted molar refractivity (Wildman–Crippen MR) is 63.5 cm³/mol. The molecule has 0 aromatic heterocycles. The summed E-state index contributed by atoms with van der Waals surface area (Å²) >= 11 is 0. The summed E-state index contributed by atoms with van der Waals surface area (Å²) < 4.78 is 10.4. The van der Waals surface area contributed by atoms with Gasteiger partial charge in [0, 0.05) is 0 Å². The van der Waals surface area contributed by atoms with Crippen LogP contribution in [-0.4, -0.2) is 19.2 Å². The summed E-state index contributed by atoms with van der Waals surface area (Å²) in [5.74, 6) is 0.639. The van der Waals surface area contributed by atoms with Crippen LogP contribution in [0.25, 0.3) is 0 Å². The number of hydrogen-bond donors (Lipinski definition) is 0. The van der Waals surface area contributed by atoms with Crippen molar-refractivity contribution in [2.24, 2.45) is 0 Å². The summed E-state index contributed by atoms with van der Waals surface area (Å²) in [6, 6.07) is 5.47. The molecule has 88 valence electrons. The van der Waals surface area contributed by atoms with Crippen LogP contribution in [0.1, 0.15) is 29.3 Å². The molecule has 1 aliphatic heterocycles. The molecule has 1 heterocycles. The molecule has 1 aromatic carbocycles. The first-order valence-electron chi connectivity index (χ1n) is 5.24. The Morgan fingerprint density at radius 1 is 1.50 bits per heavy atom. The molecule has 0 aliphatic carbocycles. The number of ether oxygens (including phenoxy) is 2. The van der Waals surface area contributed by atoms with Crippen molar-refractivity contribution >= 4 is 18.4 Å². The molecular formula is C12H15ClO3. The van der Waals surface area contributed by atoms with Crippen molar-refractivity contribution in [1.29, 1.82) is 0 Å². The lowest BCUT2D eigenvalue weighted by molar-refractivity contribution is 0.0526. The van der Waals surface area contributed by atoms with E-state index in [0.29, 0.717) is 12.2 Å². The van der Waals surface area contributed by atoms with E-state index in [1.807, 2.05) is 12.1 Å². The molecule has 0 spiro atoms. The fourth-order valence-electron chi connectivity index (χ4n) is 1.70. The Kier molecular flexibility index (Phi) is 4.62. The van der Waals surface area contributed by atoms with E-state index in [-0.39, 0.29) is 18.4 Å². The molecule has 0 saturated heterocycles. The van der Waals surface area contributed by atoms with Crippen LogP contribution >= 0.6 is 12.4 Å². The maximum atomic E-state index is 11.5. The second kappa shape index (κ2) is 5.75. The summed E-state index contributed by atoms with van der Waals surface area (Å²) in [6.45, 7) is 2.98. The van der Waals surface area contributed by atoms with Crippen LogP contribution < -0.4 is 4.74 Å². The van der Waals surface area contributed by atoms with Gasteiger partial charge in [-0.1, -0.05) is 0 Å². The summed E-state index contributed by atoms with van der Waals surface area (Å²) in [6.07, 6.45) is 1.99. The molecule has 0 fully saturated rings. The highest BCUT2D eigenvalue weighted by Gasteiger charge is 2.13. The molecule has 4 heteroatoms. The predicted octanol–water partition coefficient (Wildman–Crippen LogP) is 2.61. The average Bonchev–Trinajstić information content (AvgIpc) is 2.29. The molecular weight excluding hydrogens is 228 g/mol. The fraction of sp³-hybridized carbons (Fsp3) is 0.417. The van der Waals surface area contributed by atoms with E-state index in [4.69, 9.17) is 9.47 Å². The number of fused-ring (bicyclic) bond motifs is 1. The third-order valence-electron chi connectivity index (χ3n) is 2.42. The van der Waals surface area contributed by atoms with Crippen molar-refractivity contribution in [2.45, 2.75) is 19.8 Å². The lowest BCUT2D eigenvalue weighted by Crippen LogP contribution is -2.10. The molecule has 0 N–H and O–H groups in total. The number of aryl methyl sites for hydroxylation is 1. The van der Waals surface area contributed by atoms with Crippen LogP contribution in [0.5, 0.6) is 5.75 Å². The van der Waals surface area contributed by atoms with Crippen molar-refractivity contribution in [2.75, 3.05) is 13.2 Å². The zero-order valence-corrected chi connectivity index (χ0v) is 10.0. The Labute approximate surface area is 101 Å². The van der Waals surface area contributed by atoms with E-state index in [2.05, 4.69) is 0 Å². The molecule has 0 saturated carbocycles. The largest absolute Gasteiger partial charge is 0.493 e. The first kappa shape index (κ1) is 12.8. The van der Waals surface area contributed by atoms with Gasteiger partial charge in [-0.15, -0.1) is 12.4 Å². The van der Waals surface area contributed by atoms with Gasteiger partial charge >= 0.3 is 5.97 Å². The quantitative estimate of drug-likeness (QED) is 0.748.